The number of hydrogen-bond acceptors (Lipinski definition) is 2. The summed E-state index contributed by atoms with van der Waals surface area (Å²) in [6.07, 6.45) is -3.49. The highest BCUT2D eigenvalue weighted by molar-refractivity contribution is 14.1. The molecule has 0 atom stereocenters. The van der Waals surface area contributed by atoms with E-state index in [1.54, 1.807) is 0 Å². The molecule has 0 fully saturated rings. The Kier molecular flexibility index (Phi) is 3.89. The molecule has 1 aromatic rings. The van der Waals surface area contributed by atoms with Gasteiger partial charge in [0.25, 0.3) is 6.43 Å². The molecule has 15 heavy (non-hydrogen) atoms. The van der Waals surface area contributed by atoms with Crippen molar-refractivity contribution in [1.82, 2.24) is 4.98 Å². The van der Waals surface area contributed by atoms with Crippen molar-refractivity contribution in [3.05, 3.63) is 26.8 Å². The standard InChI is InChI=1S/C8H5F3INO2/c9-3-1-5(8(10)11)13-4(7(3)12)2-6(14)15/h1,8H,2H2,(H,14,15). The molecule has 0 aromatic carbocycles. The topological polar surface area (TPSA) is 50.2 Å². The highest BCUT2D eigenvalue weighted by Gasteiger charge is 2.17. The Balaban J connectivity index is 3.18. The lowest BCUT2D eigenvalue weighted by Crippen LogP contribution is -2.08. The van der Waals surface area contributed by atoms with Crippen LogP contribution < -0.4 is 0 Å². The SMILES string of the molecule is O=C(O)Cc1nc(C(F)F)cc(F)c1I. The average Bonchev–Trinajstić information content (AvgIpc) is 2.11. The van der Waals surface area contributed by atoms with Gasteiger partial charge in [0.15, 0.2) is 0 Å². The van der Waals surface area contributed by atoms with E-state index in [0.29, 0.717) is 6.07 Å². The lowest BCUT2D eigenvalue weighted by atomic mass is 10.2. The van der Waals surface area contributed by atoms with Crippen LogP contribution in [-0.4, -0.2) is 16.1 Å². The Bertz CT molecular complexity index is 398. The van der Waals surface area contributed by atoms with Gasteiger partial charge in [-0.1, -0.05) is 0 Å². The van der Waals surface area contributed by atoms with Crippen molar-refractivity contribution >= 4 is 28.6 Å². The van der Waals surface area contributed by atoms with Crippen LogP contribution in [0.2, 0.25) is 0 Å². The monoisotopic (exact) mass is 331 g/mol. The van der Waals surface area contributed by atoms with E-state index in [-0.39, 0.29) is 9.26 Å². The molecule has 0 unspecified atom stereocenters. The van der Waals surface area contributed by atoms with Crippen LogP contribution in [0.3, 0.4) is 0 Å². The number of hydrogen-bond donors (Lipinski definition) is 1. The molecular formula is C8H5F3INO2. The van der Waals surface area contributed by atoms with Gasteiger partial charge < -0.3 is 5.11 Å². The third-order valence-electron chi connectivity index (χ3n) is 1.54. The normalized spacial score (nSPS) is 10.7. The number of halogens is 4. The molecule has 1 N–H and O–H groups in total. The van der Waals surface area contributed by atoms with E-state index in [0.717, 1.165) is 0 Å². The van der Waals surface area contributed by atoms with Gasteiger partial charge in [-0.2, -0.15) is 0 Å². The van der Waals surface area contributed by atoms with E-state index in [4.69, 9.17) is 5.11 Å². The minimum atomic E-state index is -2.91. The molecular weight excluding hydrogens is 326 g/mol. The maximum Gasteiger partial charge on any atom is 0.309 e. The van der Waals surface area contributed by atoms with Crippen molar-refractivity contribution in [2.24, 2.45) is 0 Å². The molecule has 1 aromatic heterocycles. The van der Waals surface area contributed by atoms with Crippen LogP contribution in [0.25, 0.3) is 0 Å². The van der Waals surface area contributed by atoms with Gasteiger partial charge in [0.1, 0.15) is 11.5 Å². The van der Waals surface area contributed by atoms with Gasteiger partial charge in [0, 0.05) is 6.07 Å². The summed E-state index contributed by atoms with van der Waals surface area (Å²) in [5, 5.41) is 8.46. The fourth-order valence-electron chi connectivity index (χ4n) is 0.940. The third kappa shape index (κ3) is 3.05. The first kappa shape index (κ1) is 12.2. The van der Waals surface area contributed by atoms with E-state index < -0.39 is 30.3 Å². The molecule has 0 aliphatic rings. The molecule has 0 saturated carbocycles. The lowest BCUT2D eigenvalue weighted by Gasteiger charge is -2.05. The van der Waals surface area contributed by atoms with Crippen molar-refractivity contribution in [3.63, 3.8) is 0 Å². The number of aromatic nitrogens is 1. The molecule has 82 valence electrons. The minimum absolute atomic E-state index is 0.0422. The Morgan fingerprint density at radius 3 is 2.67 bits per heavy atom. The number of alkyl halides is 2. The first-order valence-electron chi connectivity index (χ1n) is 3.76. The summed E-state index contributed by atoms with van der Waals surface area (Å²) in [5.74, 6) is -2.12. The van der Waals surface area contributed by atoms with Gasteiger partial charge in [-0.25, -0.2) is 18.2 Å². The second kappa shape index (κ2) is 4.77. The Hall–Kier alpha value is -0.860. The van der Waals surface area contributed by atoms with Crippen LogP contribution in [0.5, 0.6) is 0 Å². The second-order valence-corrected chi connectivity index (χ2v) is 3.74. The molecule has 0 bridgehead atoms. The van der Waals surface area contributed by atoms with Gasteiger partial charge in [-0.3, -0.25) is 4.79 Å². The fraction of sp³-hybridized carbons (Fsp3) is 0.250. The number of carboxylic acid groups (broad SMARTS) is 1. The molecule has 3 nitrogen and oxygen atoms in total. The van der Waals surface area contributed by atoms with E-state index in [1.165, 1.54) is 22.6 Å². The van der Waals surface area contributed by atoms with Crippen molar-refractivity contribution in [1.29, 1.82) is 0 Å². The summed E-state index contributed by atoms with van der Waals surface area (Å²) < 4.78 is 37.5. The van der Waals surface area contributed by atoms with Gasteiger partial charge in [0.2, 0.25) is 0 Å². The molecule has 1 heterocycles. The van der Waals surface area contributed by atoms with Gasteiger partial charge in [0.05, 0.1) is 15.7 Å². The minimum Gasteiger partial charge on any atom is -0.481 e. The Morgan fingerprint density at radius 1 is 1.60 bits per heavy atom. The van der Waals surface area contributed by atoms with Crippen molar-refractivity contribution in [3.8, 4) is 0 Å². The Morgan fingerprint density at radius 2 is 2.20 bits per heavy atom. The van der Waals surface area contributed by atoms with Gasteiger partial charge in [-0.15, -0.1) is 0 Å². The summed E-state index contributed by atoms with van der Waals surface area (Å²) in [6.45, 7) is 0. The number of nitrogens with zero attached hydrogens (tertiary/aromatic N) is 1. The summed E-state index contributed by atoms with van der Waals surface area (Å²) in [5.41, 5.74) is -0.928. The zero-order valence-electron chi connectivity index (χ0n) is 7.18. The molecule has 0 radical (unpaired) electrons. The Labute approximate surface area is 96.5 Å². The van der Waals surface area contributed by atoms with Crippen molar-refractivity contribution < 1.29 is 23.1 Å². The van der Waals surface area contributed by atoms with Crippen LogP contribution in [0.15, 0.2) is 6.07 Å². The number of pyridine rings is 1. The number of carboxylic acids is 1. The number of carbonyl (C=O) groups is 1. The smallest absolute Gasteiger partial charge is 0.309 e. The predicted octanol–water partition coefficient (Wildman–Crippen LogP) is 2.39. The summed E-state index contributed by atoms with van der Waals surface area (Å²) >= 11 is 1.53. The molecule has 1 rings (SSSR count). The maximum absolute atomic E-state index is 13.1. The van der Waals surface area contributed by atoms with Gasteiger partial charge in [-0.05, 0) is 22.6 Å². The third-order valence-corrected chi connectivity index (χ3v) is 2.68. The molecule has 0 aliphatic carbocycles. The molecule has 0 saturated heterocycles. The van der Waals surface area contributed by atoms with Crippen molar-refractivity contribution in [2.45, 2.75) is 12.8 Å². The highest BCUT2D eigenvalue weighted by atomic mass is 127. The largest absolute Gasteiger partial charge is 0.481 e. The summed E-state index contributed by atoms with van der Waals surface area (Å²) in [6, 6.07) is 0.609. The number of rotatable bonds is 3. The molecule has 7 heteroatoms. The van der Waals surface area contributed by atoms with E-state index in [9.17, 15) is 18.0 Å². The van der Waals surface area contributed by atoms with Crippen LogP contribution in [0.1, 0.15) is 17.8 Å². The van der Waals surface area contributed by atoms with E-state index in [2.05, 4.69) is 4.98 Å². The van der Waals surface area contributed by atoms with Crippen molar-refractivity contribution in [2.75, 3.05) is 0 Å². The van der Waals surface area contributed by atoms with Crippen LogP contribution in [0, 0.1) is 9.39 Å². The zero-order chi connectivity index (χ0) is 11.6. The van der Waals surface area contributed by atoms with Gasteiger partial charge >= 0.3 is 5.97 Å². The fourth-order valence-corrected chi connectivity index (χ4v) is 1.41. The lowest BCUT2D eigenvalue weighted by molar-refractivity contribution is -0.136. The van der Waals surface area contributed by atoms with E-state index in [1.807, 2.05) is 0 Å². The first-order chi connectivity index (χ1) is 6.91. The summed E-state index contributed by atoms with van der Waals surface area (Å²) in [7, 11) is 0. The first-order valence-corrected chi connectivity index (χ1v) is 4.84. The average molecular weight is 331 g/mol. The molecule has 0 amide bonds. The van der Waals surface area contributed by atoms with E-state index >= 15 is 0 Å². The van der Waals surface area contributed by atoms with Crippen LogP contribution >= 0.6 is 22.6 Å². The molecule has 0 aliphatic heterocycles. The number of aliphatic carboxylic acids is 1. The summed E-state index contributed by atoms with van der Waals surface area (Å²) in [4.78, 5) is 13.8. The molecule has 0 spiro atoms. The highest BCUT2D eigenvalue weighted by Crippen LogP contribution is 2.22. The van der Waals surface area contributed by atoms with Crippen LogP contribution in [-0.2, 0) is 11.2 Å². The second-order valence-electron chi connectivity index (χ2n) is 2.66. The quantitative estimate of drug-likeness (QED) is 0.866. The van der Waals surface area contributed by atoms with Crippen LogP contribution in [0.4, 0.5) is 13.2 Å². The zero-order valence-corrected chi connectivity index (χ0v) is 9.33. The predicted molar refractivity (Wildman–Crippen MR) is 53.2 cm³/mol. The maximum atomic E-state index is 13.1.